The number of aromatic nitrogens is 1. The van der Waals surface area contributed by atoms with Gasteiger partial charge in [-0.2, -0.15) is 4.31 Å². The van der Waals surface area contributed by atoms with Crippen LogP contribution in [-0.2, 0) is 16.6 Å². The topological polar surface area (TPSA) is 79.7 Å². The third-order valence-electron chi connectivity index (χ3n) is 5.19. The molecule has 1 amide bonds. The lowest BCUT2D eigenvalue weighted by Gasteiger charge is -2.34. The summed E-state index contributed by atoms with van der Waals surface area (Å²) in [6.07, 6.45) is 0. The number of halogens is 1. The Morgan fingerprint density at radius 2 is 1.83 bits per heavy atom. The van der Waals surface area contributed by atoms with E-state index >= 15 is 0 Å². The van der Waals surface area contributed by atoms with Gasteiger partial charge in [0.2, 0.25) is 10.0 Å². The van der Waals surface area contributed by atoms with Crippen LogP contribution >= 0.6 is 22.9 Å². The summed E-state index contributed by atoms with van der Waals surface area (Å²) in [7, 11) is -3.71. The zero-order valence-corrected chi connectivity index (χ0v) is 18.6. The van der Waals surface area contributed by atoms with Gasteiger partial charge in [0.15, 0.2) is 0 Å². The number of amides is 1. The van der Waals surface area contributed by atoms with Crippen molar-refractivity contribution in [3.05, 3.63) is 62.7 Å². The smallest absolute Gasteiger partial charge is 0.308 e. The first-order valence-corrected chi connectivity index (χ1v) is 12.1. The van der Waals surface area contributed by atoms with Crippen LogP contribution in [0.4, 0.5) is 0 Å². The van der Waals surface area contributed by atoms with Crippen LogP contribution in [0.15, 0.2) is 52.2 Å². The Kier molecular flexibility index (Phi) is 5.71. The van der Waals surface area contributed by atoms with Crippen LogP contribution in [0.5, 0.6) is 0 Å². The Bertz CT molecular complexity index is 1270. The lowest BCUT2D eigenvalue weighted by atomic mass is 10.2. The van der Waals surface area contributed by atoms with E-state index in [1.807, 2.05) is 6.92 Å². The third kappa shape index (κ3) is 3.78. The molecule has 2 heterocycles. The molecule has 7 nitrogen and oxygen atoms in total. The minimum atomic E-state index is -3.71. The van der Waals surface area contributed by atoms with Gasteiger partial charge in [-0.1, -0.05) is 29.0 Å². The number of aryl methyl sites for hydroxylation is 1. The molecule has 0 saturated carbocycles. The monoisotopic (exact) mass is 465 g/mol. The summed E-state index contributed by atoms with van der Waals surface area (Å²) in [6, 6.07) is 11.5. The predicted octanol–water partition coefficient (Wildman–Crippen LogP) is 2.88. The molecule has 0 N–H and O–H groups in total. The number of fused-ring (bicyclic) bond motifs is 1. The number of benzene rings is 2. The van der Waals surface area contributed by atoms with E-state index in [1.54, 1.807) is 51.9 Å². The van der Waals surface area contributed by atoms with Crippen LogP contribution in [0.2, 0.25) is 5.02 Å². The average molecular weight is 466 g/mol. The molecule has 2 aromatic carbocycles. The number of carbonyl (C=O) groups excluding carboxylic acids is 1. The standard InChI is InChI=1S/C20H20ClN3O4S2/c1-2-24-17-7-6-16(13-18(17)29-20(24)26)30(27,28)23-10-8-22(9-11-23)19(25)14-4-3-5-15(21)12-14/h3-7,12-13H,2,8-11H2,1H3. The summed E-state index contributed by atoms with van der Waals surface area (Å²) in [5.41, 5.74) is 1.22. The maximum Gasteiger partial charge on any atom is 0.308 e. The lowest BCUT2D eigenvalue weighted by molar-refractivity contribution is 0.0698. The number of piperazine rings is 1. The predicted molar refractivity (Wildman–Crippen MR) is 118 cm³/mol. The zero-order chi connectivity index (χ0) is 21.5. The molecular formula is C20H20ClN3O4S2. The van der Waals surface area contributed by atoms with Gasteiger partial charge in [-0.15, -0.1) is 0 Å². The molecule has 0 bridgehead atoms. The molecule has 158 valence electrons. The molecule has 0 radical (unpaired) electrons. The maximum atomic E-state index is 13.1. The summed E-state index contributed by atoms with van der Waals surface area (Å²) in [5.74, 6) is -0.165. The van der Waals surface area contributed by atoms with E-state index in [1.165, 1.54) is 4.31 Å². The van der Waals surface area contributed by atoms with Gasteiger partial charge in [0.05, 0.1) is 15.1 Å². The molecule has 1 aliphatic heterocycles. The Hall–Kier alpha value is -2.20. The van der Waals surface area contributed by atoms with Gasteiger partial charge >= 0.3 is 4.87 Å². The van der Waals surface area contributed by atoms with Crippen LogP contribution in [-0.4, -0.2) is 54.3 Å². The highest BCUT2D eigenvalue weighted by atomic mass is 35.5. The summed E-state index contributed by atoms with van der Waals surface area (Å²) >= 11 is 7.01. The molecule has 0 spiro atoms. The lowest BCUT2D eigenvalue weighted by Crippen LogP contribution is -2.50. The van der Waals surface area contributed by atoms with Crippen LogP contribution in [0, 0.1) is 0 Å². The van der Waals surface area contributed by atoms with Crippen LogP contribution in [0.1, 0.15) is 17.3 Å². The largest absolute Gasteiger partial charge is 0.336 e. The van der Waals surface area contributed by atoms with E-state index in [0.717, 1.165) is 16.9 Å². The van der Waals surface area contributed by atoms with Crippen molar-refractivity contribution in [2.24, 2.45) is 0 Å². The number of carbonyl (C=O) groups is 1. The van der Waals surface area contributed by atoms with Crippen LogP contribution < -0.4 is 4.87 Å². The molecule has 30 heavy (non-hydrogen) atoms. The van der Waals surface area contributed by atoms with Gasteiger partial charge in [-0.05, 0) is 43.3 Å². The third-order valence-corrected chi connectivity index (χ3v) is 8.26. The minimum absolute atomic E-state index is 0.102. The second-order valence-electron chi connectivity index (χ2n) is 6.95. The van der Waals surface area contributed by atoms with Crippen molar-refractivity contribution >= 4 is 49.1 Å². The fourth-order valence-corrected chi connectivity index (χ4v) is 6.30. The SMILES string of the molecule is CCn1c(=O)sc2cc(S(=O)(=O)N3CCN(C(=O)c4cccc(Cl)c4)CC3)ccc21. The number of rotatable bonds is 4. The second kappa shape index (κ2) is 8.14. The number of nitrogens with zero attached hydrogens (tertiary/aromatic N) is 3. The molecule has 1 fully saturated rings. The Balaban J connectivity index is 1.52. The van der Waals surface area contributed by atoms with E-state index in [4.69, 9.17) is 11.6 Å². The van der Waals surface area contributed by atoms with E-state index in [-0.39, 0.29) is 28.8 Å². The molecule has 0 atom stereocenters. The quantitative estimate of drug-likeness (QED) is 0.593. The molecule has 1 aliphatic rings. The number of sulfonamides is 1. The molecule has 4 rings (SSSR count). The molecule has 0 unspecified atom stereocenters. The molecule has 1 aromatic heterocycles. The first-order valence-electron chi connectivity index (χ1n) is 9.49. The van der Waals surface area contributed by atoms with E-state index < -0.39 is 10.0 Å². The van der Waals surface area contributed by atoms with Crippen molar-refractivity contribution in [3.8, 4) is 0 Å². The van der Waals surface area contributed by atoms with Crippen LogP contribution in [0.25, 0.3) is 10.2 Å². The summed E-state index contributed by atoms with van der Waals surface area (Å²) in [4.78, 5) is 26.4. The Morgan fingerprint density at radius 1 is 1.10 bits per heavy atom. The van der Waals surface area contributed by atoms with E-state index in [0.29, 0.717) is 34.9 Å². The van der Waals surface area contributed by atoms with E-state index in [2.05, 4.69) is 0 Å². The molecule has 0 aliphatic carbocycles. The number of hydrogen-bond acceptors (Lipinski definition) is 5. The highest BCUT2D eigenvalue weighted by Gasteiger charge is 2.31. The first kappa shape index (κ1) is 21.0. The van der Waals surface area contributed by atoms with E-state index in [9.17, 15) is 18.0 Å². The van der Waals surface area contributed by atoms with Gasteiger partial charge in [-0.3, -0.25) is 14.2 Å². The van der Waals surface area contributed by atoms with Crippen molar-refractivity contribution in [1.82, 2.24) is 13.8 Å². The van der Waals surface area contributed by atoms with Gasteiger partial charge in [0.1, 0.15) is 0 Å². The summed E-state index contributed by atoms with van der Waals surface area (Å²) in [6.45, 7) is 3.42. The average Bonchev–Trinajstić information content (AvgIpc) is 3.07. The maximum absolute atomic E-state index is 13.1. The number of hydrogen-bond donors (Lipinski definition) is 0. The van der Waals surface area contributed by atoms with Gasteiger partial charge < -0.3 is 4.90 Å². The van der Waals surface area contributed by atoms with Gasteiger partial charge in [0.25, 0.3) is 5.91 Å². The van der Waals surface area contributed by atoms with Crippen molar-refractivity contribution < 1.29 is 13.2 Å². The summed E-state index contributed by atoms with van der Waals surface area (Å²) in [5, 5.41) is 0.483. The normalized spacial score (nSPS) is 15.6. The van der Waals surface area contributed by atoms with Crippen LogP contribution in [0.3, 0.4) is 0 Å². The van der Waals surface area contributed by atoms with Crippen molar-refractivity contribution in [1.29, 1.82) is 0 Å². The second-order valence-corrected chi connectivity index (χ2v) is 10.3. The van der Waals surface area contributed by atoms with Gasteiger partial charge in [-0.25, -0.2) is 8.42 Å². The highest BCUT2D eigenvalue weighted by Crippen LogP contribution is 2.25. The fraction of sp³-hybridized carbons (Fsp3) is 0.300. The summed E-state index contributed by atoms with van der Waals surface area (Å²) < 4.78 is 29.9. The minimum Gasteiger partial charge on any atom is -0.336 e. The fourth-order valence-electron chi connectivity index (χ4n) is 3.59. The molecule has 1 saturated heterocycles. The van der Waals surface area contributed by atoms with Crippen molar-refractivity contribution in [2.75, 3.05) is 26.2 Å². The van der Waals surface area contributed by atoms with Crippen molar-refractivity contribution in [3.63, 3.8) is 0 Å². The molecule has 3 aromatic rings. The van der Waals surface area contributed by atoms with Crippen molar-refractivity contribution in [2.45, 2.75) is 18.4 Å². The Morgan fingerprint density at radius 3 is 2.50 bits per heavy atom. The first-order chi connectivity index (χ1) is 14.3. The Labute approximate surface area is 183 Å². The van der Waals surface area contributed by atoms with Gasteiger partial charge in [0, 0.05) is 43.3 Å². The zero-order valence-electron chi connectivity index (χ0n) is 16.2. The number of thiazole rings is 1. The molecule has 10 heteroatoms. The highest BCUT2D eigenvalue weighted by molar-refractivity contribution is 7.89. The molecular weight excluding hydrogens is 446 g/mol.